The number of ether oxygens (including phenoxy) is 1. The number of fused-ring (bicyclic) bond motifs is 1. The van der Waals surface area contributed by atoms with Gasteiger partial charge in [0, 0.05) is 26.3 Å². The van der Waals surface area contributed by atoms with Crippen LogP contribution in [0.1, 0.15) is 24.2 Å². The van der Waals surface area contributed by atoms with Gasteiger partial charge in [-0.3, -0.25) is 4.79 Å². The van der Waals surface area contributed by atoms with Crippen molar-refractivity contribution in [2.24, 2.45) is 0 Å². The molecule has 0 saturated carbocycles. The summed E-state index contributed by atoms with van der Waals surface area (Å²) in [6.45, 7) is 4.01. The fourth-order valence-corrected chi connectivity index (χ4v) is 3.75. The van der Waals surface area contributed by atoms with Crippen LogP contribution in [0.5, 0.6) is 0 Å². The van der Waals surface area contributed by atoms with Crippen molar-refractivity contribution in [1.29, 1.82) is 0 Å². The first kappa shape index (κ1) is 22.4. The lowest BCUT2D eigenvalue weighted by Crippen LogP contribution is -2.30. The molecule has 0 aliphatic rings. The van der Waals surface area contributed by atoms with Gasteiger partial charge in [-0.1, -0.05) is 11.3 Å². The van der Waals surface area contributed by atoms with Gasteiger partial charge in [-0.15, -0.1) is 5.10 Å². The summed E-state index contributed by atoms with van der Waals surface area (Å²) in [5.74, 6) is -1.27. The normalized spacial score (nSPS) is 12.7. The summed E-state index contributed by atoms with van der Waals surface area (Å²) in [6.07, 6.45) is -1.11. The van der Waals surface area contributed by atoms with E-state index in [1.807, 2.05) is 6.92 Å². The number of carbonyl (C=O) groups is 2. The highest BCUT2D eigenvalue weighted by Crippen LogP contribution is 2.19. The Bertz CT molecular complexity index is 1240. The Morgan fingerprint density at radius 1 is 1.19 bits per heavy atom. The Kier molecular flexibility index (Phi) is 6.37. The predicted molar refractivity (Wildman–Crippen MR) is 114 cm³/mol. The number of rotatable bonds is 7. The Morgan fingerprint density at radius 2 is 1.94 bits per heavy atom. The van der Waals surface area contributed by atoms with E-state index in [1.54, 1.807) is 28.9 Å². The summed E-state index contributed by atoms with van der Waals surface area (Å²) in [5, 5.41) is 10.6. The molecule has 3 aromatic rings. The maximum absolute atomic E-state index is 12.5. The summed E-state index contributed by atoms with van der Waals surface area (Å²) in [6, 6.07) is 10.7. The molecule has 0 bridgehead atoms. The van der Waals surface area contributed by atoms with Gasteiger partial charge < -0.3 is 10.1 Å². The van der Waals surface area contributed by atoms with E-state index < -0.39 is 28.0 Å². The lowest BCUT2D eigenvalue weighted by molar-refractivity contribution is -0.123. The zero-order valence-corrected chi connectivity index (χ0v) is 18.4. The van der Waals surface area contributed by atoms with E-state index in [-0.39, 0.29) is 16.1 Å². The summed E-state index contributed by atoms with van der Waals surface area (Å²) in [5.41, 5.74) is 1.85. The minimum Gasteiger partial charge on any atom is -0.449 e. The van der Waals surface area contributed by atoms with Crippen molar-refractivity contribution in [2.75, 3.05) is 19.4 Å². The zero-order chi connectivity index (χ0) is 22.8. The van der Waals surface area contributed by atoms with E-state index in [4.69, 9.17) is 4.74 Å². The molecular weight excluding hydrogens is 422 g/mol. The van der Waals surface area contributed by atoms with Crippen molar-refractivity contribution in [3.63, 3.8) is 0 Å². The Morgan fingerprint density at radius 3 is 2.61 bits per heavy atom. The molecule has 1 N–H and O–H groups in total. The molecule has 31 heavy (non-hydrogen) atoms. The maximum atomic E-state index is 12.5. The molecule has 0 saturated heterocycles. The number of anilines is 1. The molecule has 2 aromatic carbocycles. The van der Waals surface area contributed by atoms with Crippen LogP contribution in [0.15, 0.2) is 47.4 Å². The number of aromatic nitrogens is 3. The number of hydrogen-bond donors (Lipinski definition) is 1. The van der Waals surface area contributed by atoms with Gasteiger partial charge in [-0.25, -0.2) is 22.2 Å². The largest absolute Gasteiger partial charge is 0.449 e. The number of amides is 1. The molecule has 11 heteroatoms. The van der Waals surface area contributed by atoms with E-state index >= 15 is 0 Å². The third-order valence-electron chi connectivity index (χ3n) is 4.58. The van der Waals surface area contributed by atoms with Crippen molar-refractivity contribution >= 4 is 38.6 Å². The van der Waals surface area contributed by atoms with E-state index in [0.717, 1.165) is 9.82 Å². The first-order chi connectivity index (χ1) is 14.6. The molecule has 1 heterocycles. The predicted octanol–water partition coefficient (Wildman–Crippen LogP) is 1.89. The smallest absolute Gasteiger partial charge is 0.338 e. The van der Waals surface area contributed by atoms with Gasteiger partial charge in [-0.2, -0.15) is 0 Å². The third-order valence-corrected chi connectivity index (χ3v) is 6.39. The highest BCUT2D eigenvalue weighted by atomic mass is 32.2. The fraction of sp³-hybridized carbons (Fsp3) is 0.300. The summed E-state index contributed by atoms with van der Waals surface area (Å²) >= 11 is 0. The van der Waals surface area contributed by atoms with Crippen LogP contribution in [-0.4, -0.2) is 59.8 Å². The van der Waals surface area contributed by atoms with Crippen molar-refractivity contribution in [3.05, 3.63) is 48.0 Å². The van der Waals surface area contributed by atoms with E-state index in [0.29, 0.717) is 12.1 Å². The standard InChI is InChI=1S/C20H23N5O5S/c1-5-25-18-10-9-14(11-17(18)22-23-25)20(27)30-13(2)19(26)21-15-7-6-8-16(12-15)31(28,29)24(3)4/h6-13H,5H2,1-4H3,(H,21,26)/t13-/m0/s1. The van der Waals surface area contributed by atoms with Crippen LogP contribution in [0, 0.1) is 0 Å². The Labute approximate surface area is 179 Å². The Balaban J connectivity index is 1.69. The number of nitrogens with one attached hydrogen (secondary N) is 1. The molecule has 0 radical (unpaired) electrons. The van der Waals surface area contributed by atoms with Gasteiger partial charge in [-0.05, 0) is 50.2 Å². The summed E-state index contributed by atoms with van der Waals surface area (Å²) < 4.78 is 32.5. The lowest BCUT2D eigenvalue weighted by atomic mass is 10.2. The van der Waals surface area contributed by atoms with Gasteiger partial charge in [0.25, 0.3) is 5.91 Å². The van der Waals surface area contributed by atoms with Crippen LogP contribution in [-0.2, 0) is 26.1 Å². The number of sulfonamides is 1. The molecule has 0 fully saturated rings. The molecule has 1 amide bonds. The van der Waals surface area contributed by atoms with Crippen LogP contribution in [0.4, 0.5) is 5.69 Å². The number of benzene rings is 2. The summed E-state index contributed by atoms with van der Waals surface area (Å²) in [7, 11) is -0.807. The molecule has 164 valence electrons. The zero-order valence-electron chi connectivity index (χ0n) is 17.6. The number of esters is 1. The van der Waals surface area contributed by atoms with Crippen LogP contribution in [0.25, 0.3) is 11.0 Å². The molecule has 1 aromatic heterocycles. The Hall–Kier alpha value is -3.31. The second-order valence-electron chi connectivity index (χ2n) is 6.96. The van der Waals surface area contributed by atoms with Gasteiger partial charge in [0.1, 0.15) is 5.52 Å². The van der Waals surface area contributed by atoms with E-state index in [2.05, 4.69) is 15.6 Å². The quantitative estimate of drug-likeness (QED) is 0.551. The minimum absolute atomic E-state index is 0.0355. The highest BCUT2D eigenvalue weighted by molar-refractivity contribution is 7.89. The lowest BCUT2D eigenvalue weighted by Gasteiger charge is -2.15. The van der Waals surface area contributed by atoms with Crippen molar-refractivity contribution in [1.82, 2.24) is 19.3 Å². The fourth-order valence-electron chi connectivity index (χ4n) is 2.80. The molecule has 0 aliphatic heterocycles. The molecule has 0 unspecified atom stereocenters. The van der Waals surface area contributed by atoms with Gasteiger partial charge in [0.2, 0.25) is 10.0 Å². The van der Waals surface area contributed by atoms with E-state index in [1.165, 1.54) is 39.2 Å². The van der Waals surface area contributed by atoms with Gasteiger partial charge >= 0.3 is 5.97 Å². The molecule has 0 spiro atoms. The van der Waals surface area contributed by atoms with Crippen molar-refractivity contribution in [2.45, 2.75) is 31.4 Å². The first-order valence-electron chi connectivity index (χ1n) is 9.51. The molecule has 0 aliphatic carbocycles. The molecule has 3 rings (SSSR count). The van der Waals surface area contributed by atoms with Gasteiger partial charge in [0.15, 0.2) is 6.10 Å². The monoisotopic (exact) mass is 445 g/mol. The van der Waals surface area contributed by atoms with Crippen LogP contribution >= 0.6 is 0 Å². The average Bonchev–Trinajstić information content (AvgIpc) is 3.16. The number of carbonyl (C=O) groups excluding carboxylic acids is 2. The number of nitrogens with zero attached hydrogens (tertiary/aromatic N) is 4. The van der Waals surface area contributed by atoms with Crippen molar-refractivity contribution < 1.29 is 22.7 Å². The molecule has 1 atom stereocenters. The first-order valence-corrected chi connectivity index (χ1v) is 10.9. The molecular formula is C20H23N5O5S. The highest BCUT2D eigenvalue weighted by Gasteiger charge is 2.21. The minimum atomic E-state index is -3.64. The summed E-state index contributed by atoms with van der Waals surface area (Å²) in [4.78, 5) is 24.9. The van der Waals surface area contributed by atoms with E-state index in [9.17, 15) is 18.0 Å². The van der Waals surface area contributed by atoms with Crippen LogP contribution < -0.4 is 5.32 Å². The van der Waals surface area contributed by atoms with Crippen molar-refractivity contribution in [3.8, 4) is 0 Å². The van der Waals surface area contributed by atoms with Gasteiger partial charge in [0.05, 0.1) is 16.0 Å². The number of aryl methyl sites for hydroxylation is 1. The van der Waals surface area contributed by atoms with Crippen LogP contribution in [0.2, 0.25) is 0 Å². The SMILES string of the molecule is CCn1nnc2cc(C(=O)O[C@@H](C)C(=O)Nc3cccc(S(=O)(=O)N(C)C)c3)ccc21. The van der Waals surface area contributed by atoms with Crippen LogP contribution in [0.3, 0.4) is 0 Å². The number of hydrogen-bond acceptors (Lipinski definition) is 7. The second kappa shape index (κ2) is 8.82. The topological polar surface area (TPSA) is 123 Å². The average molecular weight is 446 g/mol. The maximum Gasteiger partial charge on any atom is 0.338 e. The molecule has 10 nitrogen and oxygen atoms in total. The second-order valence-corrected chi connectivity index (χ2v) is 9.11. The third kappa shape index (κ3) is 4.72.